The number of nitrogens with one attached hydrogen (secondary N) is 3. The normalized spacial score (nSPS) is 23.4. The predicted molar refractivity (Wildman–Crippen MR) is 129 cm³/mol. The van der Waals surface area contributed by atoms with Crippen molar-refractivity contribution < 1.29 is 14.0 Å². The molecule has 0 spiro atoms. The van der Waals surface area contributed by atoms with Gasteiger partial charge in [-0.05, 0) is 50.2 Å². The molecule has 3 N–H and O–H groups in total. The molecule has 0 saturated carbocycles. The maximum absolute atomic E-state index is 13.4. The second kappa shape index (κ2) is 10.4. The van der Waals surface area contributed by atoms with Crippen LogP contribution in [0.15, 0.2) is 36.5 Å². The number of rotatable bonds is 5. The Hall–Kier alpha value is -2.11. The van der Waals surface area contributed by atoms with Crippen LogP contribution in [0.5, 0.6) is 0 Å². The molecule has 2 saturated heterocycles. The van der Waals surface area contributed by atoms with Crippen LogP contribution in [0.4, 0.5) is 15.8 Å². The zero-order valence-corrected chi connectivity index (χ0v) is 20.1. The fourth-order valence-electron chi connectivity index (χ4n) is 3.87. The molecule has 2 aromatic rings. The number of hydrogen-bond donors (Lipinski definition) is 3. The lowest BCUT2D eigenvalue weighted by Gasteiger charge is -2.35. The lowest BCUT2D eigenvalue weighted by atomic mass is 10.1. The molecule has 2 aliphatic heterocycles. The molecule has 0 aliphatic carbocycles. The van der Waals surface area contributed by atoms with Crippen LogP contribution in [0, 0.1) is 5.82 Å². The van der Waals surface area contributed by atoms with E-state index in [1.54, 1.807) is 23.6 Å². The van der Waals surface area contributed by atoms with Crippen LogP contribution in [0.25, 0.3) is 0 Å². The fraction of sp³-hybridized carbons (Fsp3) is 0.381. The van der Waals surface area contributed by atoms with E-state index in [9.17, 15) is 14.0 Å². The average molecular weight is 513 g/mol. The molecule has 3 heterocycles. The van der Waals surface area contributed by atoms with Gasteiger partial charge in [-0.25, -0.2) is 18.4 Å². The molecular weight excluding hydrogens is 490 g/mol. The predicted octanol–water partition coefficient (Wildman–Crippen LogP) is 3.09. The van der Waals surface area contributed by atoms with Gasteiger partial charge in [-0.15, -0.1) is 0 Å². The van der Waals surface area contributed by atoms with Crippen LogP contribution in [-0.4, -0.2) is 59.4 Å². The highest BCUT2D eigenvalue weighted by Gasteiger charge is 2.36. The van der Waals surface area contributed by atoms with Crippen molar-refractivity contribution in [2.75, 3.05) is 30.4 Å². The van der Waals surface area contributed by atoms with Crippen LogP contribution in [0.2, 0.25) is 10.2 Å². The smallest absolute Gasteiger partial charge is 0.242 e. The summed E-state index contributed by atoms with van der Waals surface area (Å²) >= 11 is 13.0. The van der Waals surface area contributed by atoms with Crippen LogP contribution in [-0.2, 0) is 9.59 Å². The molecule has 1 aromatic carbocycles. The summed E-state index contributed by atoms with van der Waals surface area (Å²) in [7, 11) is 1.77. The van der Waals surface area contributed by atoms with Crippen molar-refractivity contribution in [2.45, 2.75) is 31.0 Å². The van der Waals surface area contributed by atoms with Gasteiger partial charge in [0, 0.05) is 48.8 Å². The first-order valence-corrected chi connectivity index (χ1v) is 11.9. The molecule has 0 radical (unpaired) electrons. The standard InChI is InChI=1S/C21H23Cl2FN6O2S/c1-29-18(21(32)26-12-2-3-16(24)15(22)8-12)10-17(28-33-29)20(31)27-13-5-7-30(11-13)14-4-6-25-19(23)9-14/h2-4,6,8-9,13,17-18,28H,5,7,10-11H2,1H3,(H,26,32)(H,27,31). The van der Waals surface area contributed by atoms with Crippen molar-refractivity contribution >= 4 is 58.5 Å². The van der Waals surface area contributed by atoms with Gasteiger partial charge in [-0.3, -0.25) is 9.59 Å². The van der Waals surface area contributed by atoms with E-state index in [0.29, 0.717) is 17.4 Å². The minimum atomic E-state index is -0.560. The Bertz CT molecular complexity index is 1050. The highest BCUT2D eigenvalue weighted by atomic mass is 35.5. The van der Waals surface area contributed by atoms with E-state index in [1.165, 1.54) is 30.3 Å². The third-order valence-corrected chi connectivity index (χ3v) is 7.08. The fourth-order valence-corrected chi connectivity index (χ4v) is 5.02. The van der Waals surface area contributed by atoms with E-state index in [0.717, 1.165) is 18.7 Å². The van der Waals surface area contributed by atoms with Crippen molar-refractivity contribution in [3.63, 3.8) is 0 Å². The average Bonchev–Trinajstić information content (AvgIpc) is 3.25. The minimum absolute atomic E-state index is 0.00969. The van der Waals surface area contributed by atoms with Gasteiger partial charge < -0.3 is 15.5 Å². The second-order valence-corrected chi connectivity index (χ2v) is 9.74. The maximum atomic E-state index is 13.4. The number of hydrogen-bond acceptors (Lipinski definition) is 7. The van der Waals surface area contributed by atoms with Crippen LogP contribution < -0.4 is 20.3 Å². The number of halogens is 3. The zero-order valence-electron chi connectivity index (χ0n) is 17.7. The lowest BCUT2D eigenvalue weighted by Crippen LogP contribution is -2.55. The van der Waals surface area contributed by atoms with E-state index in [4.69, 9.17) is 23.2 Å². The molecular formula is C21H23Cl2FN6O2S. The van der Waals surface area contributed by atoms with E-state index < -0.39 is 17.9 Å². The monoisotopic (exact) mass is 512 g/mol. The summed E-state index contributed by atoms with van der Waals surface area (Å²) in [5.41, 5.74) is 1.36. The third-order valence-electron chi connectivity index (χ3n) is 5.65. The highest BCUT2D eigenvalue weighted by molar-refractivity contribution is 7.95. The Balaban J connectivity index is 1.33. The Morgan fingerprint density at radius 1 is 1.24 bits per heavy atom. The SMILES string of the molecule is CN1SNC(C(=O)NC2CCN(c3ccnc(Cl)c3)C2)CC1C(=O)Nc1ccc(F)c(Cl)c1. The Labute approximate surface area is 205 Å². The quantitative estimate of drug-likeness (QED) is 0.418. The largest absolute Gasteiger partial charge is 0.369 e. The first-order chi connectivity index (χ1) is 15.8. The van der Waals surface area contributed by atoms with Crippen molar-refractivity contribution in [1.29, 1.82) is 0 Å². The van der Waals surface area contributed by atoms with Gasteiger partial charge in [0.15, 0.2) is 0 Å². The molecule has 12 heteroatoms. The molecule has 2 aliphatic rings. The number of likely N-dealkylation sites (N-methyl/N-ethyl adjacent to an activating group) is 1. The van der Waals surface area contributed by atoms with E-state index in [-0.39, 0.29) is 29.3 Å². The molecule has 3 unspecified atom stereocenters. The molecule has 176 valence electrons. The minimum Gasteiger partial charge on any atom is -0.369 e. The molecule has 8 nitrogen and oxygen atoms in total. The molecule has 2 fully saturated rings. The highest BCUT2D eigenvalue weighted by Crippen LogP contribution is 2.25. The Morgan fingerprint density at radius 3 is 2.82 bits per heavy atom. The number of anilines is 2. The number of pyridine rings is 1. The number of amides is 2. The summed E-state index contributed by atoms with van der Waals surface area (Å²) in [5, 5.41) is 6.19. The van der Waals surface area contributed by atoms with Crippen molar-refractivity contribution in [1.82, 2.24) is 19.3 Å². The number of nitrogens with zero attached hydrogens (tertiary/aromatic N) is 3. The van der Waals surface area contributed by atoms with E-state index in [1.807, 2.05) is 6.07 Å². The van der Waals surface area contributed by atoms with Gasteiger partial charge in [-0.2, -0.15) is 0 Å². The maximum Gasteiger partial charge on any atom is 0.242 e. The van der Waals surface area contributed by atoms with Gasteiger partial charge in [0.25, 0.3) is 0 Å². The van der Waals surface area contributed by atoms with Crippen molar-refractivity contribution in [3.8, 4) is 0 Å². The molecule has 1 aromatic heterocycles. The zero-order chi connectivity index (χ0) is 23.5. The summed E-state index contributed by atoms with van der Waals surface area (Å²) in [4.78, 5) is 31.9. The summed E-state index contributed by atoms with van der Waals surface area (Å²) in [6, 6.07) is 6.58. The summed E-state index contributed by atoms with van der Waals surface area (Å²) in [6.07, 6.45) is 2.75. The van der Waals surface area contributed by atoms with Gasteiger partial charge in [0.05, 0.1) is 11.1 Å². The van der Waals surface area contributed by atoms with Gasteiger partial charge in [-0.1, -0.05) is 23.2 Å². The van der Waals surface area contributed by atoms with Gasteiger partial charge in [0.1, 0.15) is 17.0 Å². The van der Waals surface area contributed by atoms with Crippen LogP contribution >= 0.6 is 35.3 Å². The third kappa shape index (κ3) is 5.88. The van der Waals surface area contributed by atoms with Gasteiger partial charge >= 0.3 is 0 Å². The Kier molecular flexibility index (Phi) is 7.60. The molecule has 2 amide bonds. The summed E-state index contributed by atoms with van der Waals surface area (Å²) in [5.74, 6) is -1.01. The number of aromatic nitrogens is 1. The Morgan fingerprint density at radius 2 is 2.06 bits per heavy atom. The van der Waals surface area contributed by atoms with E-state index in [2.05, 4.69) is 25.2 Å². The van der Waals surface area contributed by atoms with E-state index >= 15 is 0 Å². The topological polar surface area (TPSA) is 89.6 Å². The summed E-state index contributed by atoms with van der Waals surface area (Å²) in [6.45, 7) is 1.47. The van der Waals surface area contributed by atoms with Crippen molar-refractivity contribution in [3.05, 3.63) is 52.5 Å². The molecule has 33 heavy (non-hydrogen) atoms. The second-order valence-electron chi connectivity index (χ2n) is 7.95. The summed E-state index contributed by atoms with van der Waals surface area (Å²) < 4.78 is 18.2. The van der Waals surface area contributed by atoms with Crippen molar-refractivity contribution in [2.24, 2.45) is 0 Å². The number of carbonyl (C=O) groups is 2. The molecule has 3 atom stereocenters. The first kappa shape index (κ1) is 24.0. The lowest BCUT2D eigenvalue weighted by molar-refractivity contribution is -0.125. The molecule has 4 rings (SSSR count). The van der Waals surface area contributed by atoms with Crippen LogP contribution in [0.1, 0.15) is 12.8 Å². The van der Waals surface area contributed by atoms with Gasteiger partial charge in [0.2, 0.25) is 11.8 Å². The number of carbonyl (C=O) groups excluding carboxylic acids is 2. The first-order valence-electron chi connectivity index (χ1n) is 10.4. The molecule has 0 bridgehead atoms. The van der Waals surface area contributed by atoms with Crippen LogP contribution in [0.3, 0.4) is 0 Å². The number of benzene rings is 1.